The summed E-state index contributed by atoms with van der Waals surface area (Å²) in [6.07, 6.45) is -0.148. The Hall–Kier alpha value is -3.36. The van der Waals surface area contributed by atoms with E-state index < -0.39 is 17.8 Å². The van der Waals surface area contributed by atoms with Gasteiger partial charge in [-0.25, -0.2) is 14.8 Å². The first-order valence-electron chi connectivity index (χ1n) is 9.99. The quantitative estimate of drug-likeness (QED) is 0.495. The minimum absolute atomic E-state index is 0.0108. The summed E-state index contributed by atoms with van der Waals surface area (Å²) in [5.74, 6) is -0.0711. The van der Waals surface area contributed by atoms with Gasteiger partial charge in [-0.2, -0.15) is 13.2 Å². The van der Waals surface area contributed by atoms with Crippen molar-refractivity contribution in [1.29, 1.82) is 0 Å². The number of esters is 1. The lowest BCUT2D eigenvalue weighted by atomic mass is 9.85. The summed E-state index contributed by atoms with van der Waals surface area (Å²) < 4.78 is 44.3. The number of imidazole rings is 1. The van der Waals surface area contributed by atoms with Gasteiger partial charge in [0.2, 0.25) is 0 Å². The molecule has 2 aromatic heterocycles. The van der Waals surface area contributed by atoms with Crippen LogP contribution in [-0.2, 0) is 10.9 Å². The number of rotatable bonds is 6. The van der Waals surface area contributed by atoms with Crippen LogP contribution in [0.1, 0.15) is 54.8 Å². The first-order valence-corrected chi connectivity index (χ1v) is 9.99. The SMILES string of the molecule is COC(=O)c1ccc(C(CC(C)(C)C)Nc2ccc(-n3cnc(C(F)(F)F)c3)nc2)cc1. The maximum atomic E-state index is 12.8. The highest BCUT2D eigenvalue weighted by Crippen LogP contribution is 2.33. The molecule has 3 aromatic rings. The second-order valence-corrected chi connectivity index (χ2v) is 8.64. The number of alkyl halides is 3. The van der Waals surface area contributed by atoms with Gasteiger partial charge in [0.15, 0.2) is 5.69 Å². The largest absolute Gasteiger partial charge is 0.465 e. The van der Waals surface area contributed by atoms with E-state index in [2.05, 4.69) is 36.1 Å². The number of aromatic nitrogens is 3. The minimum Gasteiger partial charge on any atom is -0.465 e. The Morgan fingerprint density at radius 3 is 2.28 bits per heavy atom. The van der Waals surface area contributed by atoms with Crippen molar-refractivity contribution in [2.75, 3.05) is 12.4 Å². The van der Waals surface area contributed by atoms with E-state index in [9.17, 15) is 18.0 Å². The summed E-state index contributed by atoms with van der Waals surface area (Å²) in [7, 11) is 1.34. The van der Waals surface area contributed by atoms with Gasteiger partial charge in [0, 0.05) is 6.20 Å². The van der Waals surface area contributed by atoms with Crippen LogP contribution in [0.25, 0.3) is 5.82 Å². The molecule has 0 spiro atoms. The molecule has 1 N–H and O–H groups in total. The first kappa shape index (κ1) is 23.3. The number of halogens is 3. The van der Waals surface area contributed by atoms with Crippen molar-refractivity contribution in [3.63, 3.8) is 0 Å². The molecule has 0 bridgehead atoms. The molecule has 0 saturated heterocycles. The third-order valence-corrected chi connectivity index (χ3v) is 4.78. The van der Waals surface area contributed by atoms with Gasteiger partial charge in [-0.05, 0) is 41.7 Å². The Bertz CT molecular complexity index is 1050. The van der Waals surface area contributed by atoms with Gasteiger partial charge in [0.1, 0.15) is 12.1 Å². The molecule has 170 valence electrons. The predicted molar refractivity (Wildman–Crippen MR) is 115 cm³/mol. The van der Waals surface area contributed by atoms with Gasteiger partial charge in [-0.3, -0.25) is 4.57 Å². The van der Waals surface area contributed by atoms with E-state index >= 15 is 0 Å². The topological polar surface area (TPSA) is 69.0 Å². The van der Waals surface area contributed by atoms with Gasteiger partial charge in [0.25, 0.3) is 0 Å². The van der Waals surface area contributed by atoms with Crippen molar-refractivity contribution in [3.05, 3.63) is 71.9 Å². The summed E-state index contributed by atoms with van der Waals surface area (Å²) in [5, 5.41) is 3.44. The highest BCUT2D eigenvalue weighted by atomic mass is 19.4. The van der Waals surface area contributed by atoms with E-state index in [4.69, 9.17) is 4.74 Å². The Balaban J connectivity index is 1.80. The van der Waals surface area contributed by atoms with Gasteiger partial charge in [-0.1, -0.05) is 32.9 Å². The number of carbonyl (C=O) groups excluding carboxylic acids is 1. The Kier molecular flexibility index (Phi) is 6.57. The number of nitrogens with zero attached hydrogens (tertiary/aromatic N) is 3. The highest BCUT2D eigenvalue weighted by molar-refractivity contribution is 5.89. The lowest BCUT2D eigenvalue weighted by molar-refractivity contribution is -0.140. The van der Waals surface area contributed by atoms with Crippen molar-refractivity contribution in [3.8, 4) is 5.82 Å². The standard InChI is InChI=1S/C23H25F3N4O2/c1-22(2,3)11-18(15-5-7-16(8-6-15)21(31)32-4)29-17-9-10-20(27-12-17)30-13-19(28-14-30)23(24,25)26/h5-10,12-14,18,29H,11H2,1-4H3. The van der Waals surface area contributed by atoms with Crippen LogP contribution in [0, 0.1) is 5.41 Å². The number of benzene rings is 1. The third kappa shape index (κ3) is 5.87. The maximum absolute atomic E-state index is 12.8. The fourth-order valence-electron chi connectivity index (χ4n) is 3.25. The van der Waals surface area contributed by atoms with Gasteiger partial charge < -0.3 is 10.1 Å². The number of carbonyl (C=O) groups is 1. The molecule has 9 heteroatoms. The monoisotopic (exact) mass is 446 g/mol. The van der Waals surface area contributed by atoms with E-state index in [1.54, 1.807) is 30.5 Å². The van der Waals surface area contributed by atoms with Gasteiger partial charge >= 0.3 is 12.1 Å². The van der Waals surface area contributed by atoms with Crippen LogP contribution in [0.3, 0.4) is 0 Å². The predicted octanol–water partition coefficient (Wildman–Crippen LogP) is 5.66. The van der Waals surface area contributed by atoms with Crippen LogP contribution in [-0.4, -0.2) is 27.6 Å². The van der Waals surface area contributed by atoms with Crippen molar-refractivity contribution in [1.82, 2.24) is 14.5 Å². The smallest absolute Gasteiger partial charge is 0.434 e. The van der Waals surface area contributed by atoms with Crippen LogP contribution < -0.4 is 5.32 Å². The molecule has 1 aromatic carbocycles. The number of nitrogens with one attached hydrogen (secondary N) is 1. The van der Waals surface area contributed by atoms with E-state index in [1.165, 1.54) is 11.7 Å². The second-order valence-electron chi connectivity index (χ2n) is 8.64. The molecule has 1 atom stereocenters. The molecule has 6 nitrogen and oxygen atoms in total. The highest BCUT2D eigenvalue weighted by Gasteiger charge is 2.33. The number of anilines is 1. The third-order valence-electron chi connectivity index (χ3n) is 4.78. The number of pyridine rings is 1. The average molecular weight is 446 g/mol. The fourth-order valence-corrected chi connectivity index (χ4v) is 3.25. The van der Waals surface area contributed by atoms with E-state index in [-0.39, 0.29) is 11.5 Å². The van der Waals surface area contributed by atoms with Crippen molar-refractivity contribution in [2.45, 2.75) is 39.4 Å². The van der Waals surface area contributed by atoms with E-state index in [0.29, 0.717) is 11.4 Å². The van der Waals surface area contributed by atoms with Gasteiger partial charge in [0.05, 0.1) is 30.6 Å². The lowest BCUT2D eigenvalue weighted by Crippen LogP contribution is -2.19. The van der Waals surface area contributed by atoms with Crippen LogP contribution >= 0.6 is 0 Å². The number of hydrogen-bond acceptors (Lipinski definition) is 5. The molecule has 2 heterocycles. The van der Waals surface area contributed by atoms with Crippen molar-refractivity contribution < 1.29 is 22.7 Å². The zero-order chi connectivity index (χ0) is 23.5. The van der Waals surface area contributed by atoms with Crippen LogP contribution in [0.2, 0.25) is 0 Å². The summed E-state index contributed by atoms with van der Waals surface area (Å²) in [6.45, 7) is 6.38. The summed E-state index contributed by atoms with van der Waals surface area (Å²) in [5.41, 5.74) is 1.21. The molecule has 1 unspecified atom stereocenters. The van der Waals surface area contributed by atoms with E-state index in [0.717, 1.165) is 30.2 Å². The van der Waals surface area contributed by atoms with Crippen molar-refractivity contribution >= 4 is 11.7 Å². The first-order chi connectivity index (χ1) is 15.0. The maximum Gasteiger partial charge on any atom is 0.434 e. The molecular weight excluding hydrogens is 421 g/mol. The molecule has 0 saturated carbocycles. The van der Waals surface area contributed by atoms with E-state index in [1.807, 2.05) is 12.1 Å². The number of methoxy groups -OCH3 is 1. The van der Waals surface area contributed by atoms with Crippen LogP contribution in [0.15, 0.2) is 55.1 Å². The molecule has 0 aliphatic heterocycles. The zero-order valence-corrected chi connectivity index (χ0v) is 18.3. The van der Waals surface area contributed by atoms with Crippen molar-refractivity contribution in [2.24, 2.45) is 5.41 Å². The molecular formula is C23H25F3N4O2. The Labute approximate surface area is 184 Å². The molecule has 0 amide bonds. The molecule has 32 heavy (non-hydrogen) atoms. The minimum atomic E-state index is -4.50. The second kappa shape index (κ2) is 9.02. The van der Waals surface area contributed by atoms with Gasteiger partial charge in [-0.15, -0.1) is 0 Å². The Morgan fingerprint density at radius 2 is 1.78 bits per heavy atom. The average Bonchev–Trinajstić information content (AvgIpc) is 3.23. The molecule has 0 radical (unpaired) electrons. The lowest BCUT2D eigenvalue weighted by Gasteiger charge is -2.28. The summed E-state index contributed by atoms with van der Waals surface area (Å²) in [4.78, 5) is 19.4. The molecule has 0 aliphatic rings. The molecule has 3 rings (SSSR count). The number of ether oxygens (including phenoxy) is 1. The number of hydrogen-bond donors (Lipinski definition) is 1. The van der Waals surface area contributed by atoms with Crippen LogP contribution in [0.5, 0.6) is 0 Å². The summed E-state index contributed by atoms with van der Waals surface area (Å²) >= 11 is 0. The molecule has 0 aliphatic carbocycles. The fraction of sp³-hybridized carbons (Fsp3) is 0.348. The normalized spacial score (nSPS) is 13.0. The molecule has 0 fully saturated rings. The van der Waals surface area contributed by atoms with Crippen LogP contribution in [0.4, 0.5) is 18.9 Å². The summed E-state index contributed by atoms with van der Waals surface area (Å²) in [6, 6.07) is 10.5. The Morgan fingerprint density at radius 1 is 1.09 bits per heavy atom. The zero-order valence-electron chi connectivity index (χ0n) is 18.3.